The van der Waals surface area contributed by atoms with Crippen LogP contribution in [-0.2, 0) is 20.8 Å². The first-order chi connectivity index (χ1) is 9.97. The number of aliphatic carboxylic acids is 2. The van der Waals surface area contributed by atoms with Crippen molar-refractivity contribution < 1.29 is 24.6 Å². The fourth-order valence-corrected chi connectivity index (χ4v) is 3.32. The third kappa shape index (κ3) is 3.98. The molecule has 0 saturated carbocycles. The van der Waals surface area contributed by atoms with Gasteiger partial charge in [0.1, 0.15) is 6.04 Å². The van der Waals surface area contributed by atoms with Crippen LogP contribution in [0.3, 0.4) is 0 Å². The molecule has 112 valence electrons. The van der Waals surface area contributed by atoms with E-state index in [1.807, 2.05) is 24.3 Å². The quantitative estimate of drug-likeness (QED) is 0.728. The van der Waals surface area contributed by atoms with Crippen LogP contribution in [0.2, 0.25) is 0 Å². The van der Waals surface area contributed by atoms with Crippen molar-refractivity contribution in [2.24, 2.45) is 0 Å². The maximum atomic E-state index is 12.1. The molecule has 0 bridgehead atoms. The number of hydrogen-bond acceptors (Lipinski definition) is 4. The van der Waals surface area contributed by atoms with Crippen molar-refractivity contribution in [2.75, 3.05) is 0 Å². The minimum atomic E-state index is -1.22. The molecule has 2 rings (SSSR count). The molecule has 0 aliphatic carbocycles. The van der Waals surface area contributed by atoms with Gasteiger partial charge in [-0.15, -0.1) is 11.8 Å². The number of carboxylic acid groups (broad SMARTS) is 2. The molecule has 1 aromatic rings. The predicted octanol–water partition coefficient (Wildman–Crippen LogP) is 1.14. The Hall–Kier alpha value is -2.02. The zero-order valence-corrected chi connectivity index (χ0v) is 11.9. The van der Waals surface area contributed by atoms with Crippen molar-refractivity contribution in [3.63, 3.8) is 0 Å². The highest BCUT2D eigenvalue weighted by Gasteiger charge is 2.31. The maximum Gasteiger partial charge on any atom is 0.326 e. The number of fused-ring (bicyclic) bond motifs is 1. The van der Waals surface area contributed by atoms with Gasteiger partial charge in [0.15, 0.2) is 0 Å². The van der Waals surface area contributed by atoms with Gasteiger partial charge in [-0.05, 0) is 24.5 Å². The molecule has 0 fully saturated rings. The maximum absolute atomic E-state index is 12.1. The van der Waals surface area contributed by atoms with E-state index in [-0.39, 0.29) is 24.0 Å². The average molecular weight is 309 g/mol. The molecule has 6 nitrogen and oxygen atoms in total. The Labute approximate surface area is 125 Å². The predicted molar refractivity (Wildman–Crippen MR) is 76.2 cm³/mol. The molecule has 0 saturated heterocycles. The van der Waals surface area contributed by atoms with Crippen molar-refractivity contribution in [2.45, 2.75) is 35.4 Å². The van der Waals surface area contributed by atoms with Gasteiger partial charge in [-0.25, -0.2) is 4.79 Å². The van der Waals surface area contributed by atoms with Gasteiger partial charge >= 0.3 is 11.9 Å². The third-order valence-corrected chi connectivity index (χ3v) is 4.52. The Kier molecular flexibility index (Phi) is 4.85. The molecule has 1 aliphatic heterocycles. The van der Waals surface area contributed by atoms with E-state index in [1.165, 1.54) is 11.8 Å². The van der Waals surface area contributed by atoms with Crippen molar-refractivity contribution in [1.29, 1.82) is 0 Å². The fraction of sp³-hybridized carbons (Fsp3) is 0.357. The third-order valence-electron chi connectivity index (χ3n) is 3.20. The summed E-state index contributed by atoms with van der Waals surface area (Å²) in [6.07, 6.45) is 0.133. The van der Waals surface area contributed by atoms with Crippen LogP contribution in [0.1, 0.15) is 18.4 Å². The summed E-state index contributed by atoms with van der Waals surface area (Å²) in [6.45, 7) is 0. The minimum Gasteiger partial charge on any atom is -0.481 e. The molecule has 21 heavy (non-hydrogen) atoms. The van der Waals surface area contributed by atoms with Gasteiger partial charge in [-0.2, -0.15) is 0 Å². The SMILES string of the molecule is O=C(O)CCC(NC(=O)C1Cc2ccccc2S1)C(=O)O. The molecule has 1 aliphatic rings. The van der Waals surface area contributed by atoms with Crippen molar-refractivity contribution in [3.8, 4) is 0 Å². The molecular weight excluding hydrogens is 294 g/mol. The van der Waals surface area contributed by atoms with E-state index >= 15 is 0 Å². The lowest BCUT2D eigenvalue weighted by molar-refractivity contribution is -0.143. The summed E-state index contributed by atoms with van der Waals surface area (Å²) in [4.78, 5) is 34.7. The molecule has 0 aromatic heterocycles. The minimum absolute atomic E-state index is 0.124. The lowest BCUT2D eigenvalue weighted by Gasteiger charge is -2.16. The van der Waals surface area contributed by atoms with E-state index < -0.39 is 18.0 Å². The smallest absolute Gasteiger partial charge is 0.326 e. The first-order valence-electron chi connectivity index (χ1n) is 6.47. The van der Waals surface area contributed by atoms with E-state index in [0.29, 0.717) is 6.42 Å². The highest BCUT2D eigenvalue weighted by molar-refractivity contribution is 8.01. The Bertz CT molecular complexity index is 549. The average Bonchev–Trinajstić information content (AvgIpc) is 2.86. The summed E-state index contributed by atoms with van der Waals surface area (Å²) in [5.74, 6) is -2.67. The van der Waals surface area contributed by atoms with Crippen LogP contribution < -0.4 is 5.32 Å². The topological polar surface area (TPSA) is 104 Å². The van der Waals surface area contributed by atoms with Crippen molar-refractivity contribution in [3.05, 3.63) is 29.8 Å². The Balaban J connectivity index is 1.94. The Morgan fingerprint density at radius 3 is 2.62 bits per heavy atom. The lowest BCUT2D eigenvalue weighted by Crippen LogP contribution is -2.44. The molecule has 2 unspecified atom stereocenters. The molecule has 1 heterocycles. The molecule has 7 heteroatoms. The number of carbonyl (C=O) groups is 3. The van der Waals surface area contributed by atoms with Crippen LogP contribution in [0.15, 0.2) is 29.2 Å². The van der Waals surface area contributed by atoms with Gasteiger partial charge in [-0.1, -0.05) is 18.2 Å². The van der Waals surface area contributed by atoms with Gasteiger partial charge < -0.3 is 15.5 Å². The number of thioether (sulfide) groups is 1. The van der Waals surface area contributed by atoms with Gasteiger partial charge in [0.05, 0.1) is 5.25 Å². The number of amides is 1. The summed E-state index contributed by atoms with van der Waals surface area (Å²) in [7, 11) is 0. The van der Waals surface area contributed by atoms with Crippen molar-refractivity contribution in [1.82, 2.24) is 5.32 Å². The van der Waals surface area contributed by atoms with Gasteiger partial charge in [0.2, 0.25) is 5.91 Å². The van der Waals surface area contributed by atoms with Crippen LogP contribution in [0.25, 0.3) is 0 Å². The van der Waals surface area contributed by atoms with Crippen molar-refractivity contribution >= 4 is 29.6 Å². The Morgan fingerprint density at radius 1 is 1.29 bits per heavy atom. The standard InChI is InChI=1S/C14H15NO5S/c16-12(17)6-5-9(14(19)20)15-13(18)11-7-8-3-1-2-4-10(8)21-11/h1-4,9,11H,5-7H2,(H,15,18)(H,16,17)(H,19,20). The second kappa shape index (κ2) is 6.62. The zero-order chi connectivity index (χ0) is 15.4. The highest BCUT2D eigenvalue weighted by atomic mass is 32.2. The van der Waals surface area contributed by atoms with Crippen LogP contribution >= 0.6 is 11.8 Å². The van der Waals surface area contributed by atoms with E-state index in [9.17, 15) is 14.4 Å². The molecule has 0 spiro atoms. The number of rotatable bonds is 6. The first kappa shape index (κ1) is 15.4. The fourth-order valence-electron chi connectivity index (χ4n) is 2.12. The van der Waals surface area contributed by atoms with E-state index in [1.54, 1.807) is 0 Å². The van der Waals surface area contributed by atoms with Gasteiger partial charge in [-0.3, -0.25) is 9.59 Å². The summed E-state index contributed by atoms with van der Waals surface area (Å²) >= 11 is 1.40. The molecular formula is C14H15NO5S. The summed E-state index contributed by atoms with van der Waals surface area (Å²) in [6, 6.07) is 6.48. The number of carbonyl (C=O) groups excluding carboxylic acids is 1. The molecule has 1 amide bonds. The zero-order valence-electron chi connectivity index (χ0n) is 11.1. The molecule has 0 radical (unpaired) electrons. The molecule has 3 N–H and O–H groups in total. The summed E-state index contributed by atoms with van der Waals surface area (Å²) < 4.78 is 0. The van der Waals surface area contributed by atoms with Gasteiger partial charge in [0, 0.05) is 11.3 Å². The second-order valence-electron chi connectivity index (χ2n) is 4.75. The van der Waals surface area contributed by atoms with E-state index in [2.05, 4.69) is 5.32 Å². The summed E-state index contributed by atoms with van der Waals surface area (Å²) in [5, 5.41) is 19.7. The molecule has 1 aromatic carbocycles. The second-order valence-corrected chi connectivity index (χ2v) is 5.99. The van der Waals surface area contributed by atoms with Crippen LogP contribution in [0.4, 0.5) is 0 Å². The van der Waals surface area contributed by atoms with E-state index in [0.717, 1.165) is 10.5 Å². The van der Waals surface area contributed by atoms with Gasteiger partial charge in [0.25, 0.3) is 0 Å². The number of nitrogens with one attached hydrogen (secondary N) is 1. The molecule has 2 atom stereocenters. The van der Waals surface area contributed by atoms with E-state index in [4.69, 9.17) is 10.2 Å². The largest absolute Gasteiger partial charge is 0.481 e. The van der Waals surface area contributed by atoms with Crippen LogP contribution in [0, 0.1) is 0 Å². The monoisotopic (exact) mass is 309 g/mol. The lowest BCUT2D eigenvalue weighted by atomic mass is 10.1. The number of hydrogen-bond donors (Lipinski definition) is 3. The number of carboxylic acids is 2. The van der Waals surface area contributed by atoms with Crippen LogP contribution in [-0.4, -0.2) is 39.4 Å². The normalized spacial score (nSPS) is 17.8. The number of benzene rings is 1. The highest BCUT2D eigenvalue weighted by Crippen LogP contribution is 2.36. The van der Waals surface area contributed by atoms with Crippen LogP contribution in [0.5, 0.6) is 0 Å². The first-order valence-corrected chi connectivity index (χ1v) is 7.35. The summed E-state index contributed by atoms with van der Waals surface area (Å²) in [5.41, 5.74) is 1.07. The Morgan fingerprint density at radius 2 is 2.00 bits per heavy atom.